The van der Waals surface area contributed by atoms with Crippen LogP contribution >= 0.6 is 0 Å². The summed E-state index contributed by atoms with van der Waals surface area (Å²) in [6.07, 6.45) is 4.36. The van der Waals surface area contributed by atoms with Crippen molar-refractivity contribution in [3.05, 3.63) is 106 Å². The Morgan fingerprint density at radius 1 is 0.744 bits per heavy atom. The Labute approximate surface area is 225 Å². The van der Waals surface area contributed by atoms with Gasteiger partial charge in [-0.2, -0.15) is 13.2 Å². The molecule has 0 aliphatic heterocycles. The van der Waals surface area contributed by atoms with E-state index in [4.69, 9.17) is 0 Å². The van der Waals surface area contributed by atoms with Gasteiger partial charge in [0, 0.05) is 17.3 Å². The van der Waals surface area contributed by atoms with Crippen molar-refractivity contribution in [1.29, 1.82) is 0 Å². The number of nitrogens with zero attached hydrogens (tertiary/aromatic N) is 1. The molecule has 0 radical (unpaired) electrons. The summed E-state index contributed by atoms with van der Waals surface area (Å²) in [5.41, 5.74) is 4.45. The minimum Gasteiger partial charge on any atom is -0.481 e. The Bertz CT molecular complexity index is 1380. The second-order valence-corrected chi connectivity index (χ2v) is 9.88. The van der Waals surface area contributed by atoms with Gasteiger partial charge in [0.05, 0.1) is 0 Å². The van der Waals surface area contributed by atoms with E-state index < -0.39 is 24.3 Å². The summed E-state index contributed by atoms with van der Waals surface area (Å²) in [5.74, 6) is -1.65. The van der Waals surface area contributed by atoms with Gasteiger partial charge in [-0.25, -0.2) is 8.78 Å². The van der Waals surface area contributed by atoms with Gasteiger partial charge in [-0.15, -0.1) is 0 Å². The summed E-state index contributed by atoms with van der Waals surface area (Å²) >= 11 is 0. The van der Waals surface area contributed by atoms with Crippen LogP contribution in [0, 0.1) is 11.6 Å². The second kappa shape index (κ2) is 13.0. The highest BCUT2D eigenvalue weighted by Gasteiger charge is 2.29. The van der Waals surface area contributed by atoms with Crippen molar-refractivity contribution in [3.8, 4) is 5.75 Å². The molecule has 4 rings (SSSR count). The molecule has 0 saturated carbocycles. The molecular formula is C32H32F5NO. The van der Waals surface area contributed by atoms with Gasteiger partial charge < -0.3 is 4.74 Å². The maximum Gasteiger partial charge on any atom is 0.422 e. The van der Waals surface area contributed by atoms with Crippen molar-refractivity contribution in [3.63, 3.8) is 0 Å². The summed E-state index contributed by atoms with van der Waals surface area (Å²) in [6.45, 7) is 0.635. The monoisotopic (exact) mass is 541 g/mol. The van der Waals surface area contributed by atoms with Crippen LogP contribution in [0.25, 0.3) is 10.8 Å². The molecule has 0 fully saturated rings. The lowest BCUT2D eigenvalue weighted by molar-refractivity contribution is -0.153. The fourth-order valence-corrected chi connectivity index (χ4v) is 4.59. The Morgan fingerprint density at radius 3 is 2.21 bits per heavy atom. The molecule has 3 aromatic carbocycles. The lowest BCUT2D eigenvalue weighted by Gasteiger charge is -2.11. The molecule has 0 unspecified atom stereocenters. The number of halogens is 5. The molecule has 0 atom stereocenters. The highest BCUT2D eigenvalue weighted by atomic mass is 19.4. The number of benzene rings is 3. The molecule has 0 saturated heterocycles. The molecule has 0 amide bonds. The number of rotatable bonds is 12. The number of alkyl halides is 3. The first-order valence-corrected chi connectivity index (χ1v) is 13.3. The summed E-state index contributed by atoms with van der Waals surface area (Å²) in [7, 11) is 0. The van der Waals surface area contributed by atoms with Crippen LogP contribution in [-0.4, -0.2) is 17.8 Å². The Hall–Kier alpha value is -3.48. The average molecular weight is 542 g/mol. The highest BCUT2D eigenvalue weighted by Crippen LogP contribution is 2.26. The van der Waals surface area contributed by atoms with Crippen LogP contribution in [-0.2, 0) is 32.1 Å². The largest absolute Gasteiger partial charge is 0.481 e. The van der Waals surface area contributed by atoms with Crippen molar-refractivity contribution in [1.82, 2.24) is 4.98 Å². The minimum atomic E-state index is -4.55. The average Bonchev–Trinajstić information content (AvgIpc) is 2.91. The van der Waals surface area contributed by atoms with E-state index in [9.17, 15) is 17.6 Å². The molecule has 0 spiro atoms. The van der Waals surface area contributed by atoms with E-state index >= 15 is 4.39 Å². The molecule has 1 aromatic heterocycles. The molecule has 39 heavy (non-hydrogen) atoms. The fraction of sp³-hybridized carbons (Fsp3) is 0.344. The molecule has 0 aliphatic rings. The SMILES string of the molecule is CCCCCc1ccc(CCc2ccc3c(F)c(CCc4ccc(OCC(F)(F)F)c(F)c4)ccc3c2)nc1. The summed E-state index contributed by atoms with van der Waals surface area (Å²) in [6, 6.07) is 17.4. The van der Waals surface area contributed by atoms with E-state index in [-0.39, 0.29) is 5.82 Å². The zero-order valence-corrected chi connectivity index (χ0v) is 22.0. The lowest BCUT2D eigenvalue weighted by Crippen LogP contribution is -2.19. The van der Waals surface area contributed by atoms with E-state index in [1.165, 1.54) is 37.0 Å². The summed E-state index contributed by atoms with van der Waals surface area (Å²) < 4.78 is 70.8. The first-order chi connectivity index (χ1) is 18.7. The molecule has 2 nitrogen and oxygen atoms in total. The number of fused-ring (bicyclic) bond motifs is 1. The van der Waals surface area contributed by atoms with Crippen LogP contribution < -0.4 is 4.74 Å². The molecule has 4 aromatic rings. The van der Waals surface area contributed by atoms with Crippen molar-refractivity contribution in [2.24, 2.45) is 0 Å². The van der Waals surface area contributed by atoms with Gasteiger partial charge in [-0.05, 0) is 84.4 Å². The number of pyridine rings is 1. The predicted molar refractivity (Wildman–Crippen MR) is 144 cm³/mol. The van der Waals surface area contributed by atoms with Crippen molar-refractivity contribution in [2.45, 2.75) is 64.5 Å². The van der Waals surface area contributed by atoms with Crippen LogP contribution in [0.15, 0.2) is 66.9 Å². The zero-order valence-electron chi connectivity index (χ0n) is 22.0. The molecule has 0 bridgehead atoms. The van der Waals surface area contributed by atoms with E-state index in [2.05, 4.69) is 28.8 Å². The maximum atomic E-state index is 15.2. The first-order valence-electron chi connectivity index (χ1n) is 13.3. The summed E-state index contributed by atoms with van der Waals surface area (Å²) in [4.78, 5) is 4.60. The van der Waals surface area contributed by atoms with Crippen molar-refractivity contribution in [2.75, 3.05) is 6.61 Å². The smallest absolute Gasteiger partial charge is 0.422 e. The van der Waals surface area contributed by atoms with Crippen LogP contribution in [0.1, 0.15) is 54.1 Å². The van der Waals surface area contributed by atoms with E-state index in [1.807, 2.05) is 24.4 Å². The highest BCUT2D eigenvalue weighted by molar-refractivity contribution is 5.84. The standard InChI is InChI=1S/C32H32F5NO/c1-2-3-4-5-24-8-15-27(38-20-24)14-7-22-9-16-28-26(18-22)13-12-25(31(28)34)11-6-23-10-17-30(29(33)19-23)39-21-32(35,36)37/h8-10,12-13,15-20H,2-7,11,14,21H2,1H3. The molecule has 0 aliphatic carbocycles. The van der Waals surface area contributed by atoms with Gasteiger partial charge in [0.25, 0.3) is 0 Å². The lowest BCUT2D eigenvalue weighted by atomic mass is 9.97. The number of ether oxygens (including phenoxy) is 1. The fourth-order valence-electron chi connectivity index (χ4n) is 4.59. The predicted octanol–water partition coefficient (Wildman–Crippen LogP) is 8.76. The molecule has 206 valence electrons. The minimum absolute atomic E-state index is 0.315. The third-order valence-corrected chi connectivity index (χ3v) is 6.79. The van der Waals surface area contributed by atoms with Crippen LogP contribution in [0.4, 0.5) is 22.0 Å². The second-order valence-electron chi connectivity index (χ2n) is 9.88. The number of hydrogen-bond acceptors (Lipinski definition) is 2. The van der Waals surface area contributed by atoms with Crippen molar-refractivity contribution >= 4 is 10.8 Å². The van der Waals surface area contributed by atoms with Gasteiger partial charge in [0.1, 0.15) is 5.82 Å². The summed E-state index contributed by atoms with van der Waals surface area (Å²) in [5, 5.41) is 1.33. The molecule has 0 N–H and O–H groups in total. The molecular weight excluding hydrogens is 509 g/mol. The third-order valence-electron chi connectivity index (χ3n) is 6.79. The van der Waals surface area contributed by atoms with Crippen LogP contribution in [0.2, 0.25) is 0 Å². The zero-order chi connectivity index (χ0) is 27.8. The molecule has 7 heteroatoms. The van der Waals surface area contributed by atoms with Gasteiger partial charge in [-0.3, -0.25) is 4.98 Å². The van der Waals surface area contributed by atoms with Gasteiger partial charge >= 0.3 is 6.18 Å². The first kappa shape index (κ1) is 28.5. The van der Waals surface area contributed by atoms with Gasteiger partial charge in [0.2, 0.25) is 0 Å². The maximum absolute atomic E-state index is 15.2. The van der Waals surface area contributed by atoms with Crippen molar-refractivity contribution < 1.29 is 26.7 Å². The van der Waals surface area contributed by atoms with Crippen LogP contribution in [0.5, 0.6) is 5.75 Å². The van der Waals surface area contributed by atoms with Gasteiger partial charge in [-0.1, -0.05) is 62.2 Å². The Morgan fingerprint density at radius 2 is 1.49 bits per heavy atom. The number of hydrogen-bond donors (Lipinski definition) is 0. The van der Waals surface area contributed by atoms with Gasteiger partial charge in [0.15, 0.2) is 18.2 Å². The normalized spacial score (nSPS) is 11.7. The Kier molecular flexibility index (Phi) is 9.54. The van der Waals surface area contributed by atoms with E-state index in [0.29, 0.717) is 29.4 Å². The topological polar surface area (TPSA) is 22.1 Å². The number of aromatic nitrogens is 1. The van der Waals surface area contributed by atoms with E-state index in [0.717, 1.165) is 42.0 Å². The number of unbranched alkanes of at least 4 members (excludes halogenated alkanes) is 2. The van der Waals surface area contributed by atoms with Crippen LogP contribution in [0.3, 0.4) is 0 Å². The van der Waals surface area contributed by atoms with E-state index in [1.54, 1.807) is 12.1 Å². The third kappa shape index (κ3) is 8.25. The molecule has 1 heterocycles. The quantitative estimate of drug-likeness (QED) is 0.132. The number of aryl methyl sites for hydroxylation is 5. The Balaban J connectivity index is 1.35.